The van der Waals surface area contributed by atoms with E-state index < -0.39 is 0 Å². The molecule has 0 aromatic heterocycles. The number of ether oxygens (including phenoxy) is 1. The predicted octanol–water partition coefficient (Wildman–Crippen LogP) is 1.17. The first-order chi connectivity index (χ1) is 7.19. The highest BCUT2D eigenvalue weighted by Crippen LogP contribution is 2.21. The summed E-state index contributed by atoms with van der Waals surface area (Å²) in [7, 11) is 0. The summed E-state index contributed by atoms with van der Waals surface area (Å²) < 4.78 is 4.93. The van der Waals surface area contributed by atoms with Crippen molar-refractivity contribution in [2.75, 3.05) is 19.7 Å². The lowest BCUT2D eigenvalue weighted by Gasteiger charge is -2.30. The Morgan fingerprint density at radius 2 is 2.13 bits per heavy atom. The second kappa shape index (κ2) is 5.79. The van der Waals surface area contributed by atoms with Crippen LogP contribution in [0.5, 0.6) is 0 Å². The average molecular weight is 232 g/mol. The molecule has 0 aromatic carbocycles. The van der Waals surface area contributed by atoms with E-state index in [0.29, 0.717) is 32.5 Å². The van der Waals surface area contributed by atoms with Crippen LogP contribution in [0.4, 0.5) is 0 Å². The number of rotatable bonds is 3. The summed E-state index contributed by atoms with van der Waals surface area (Å²) in [5.41, 5.74) is 0. The molecular formula is C10H14ClNO3. The Kier molecular flexibility index (Phi) is 4.66. The van der Waals surface area contributed by atoms with Crippen LogP contribution >= 0.6 is 11.6 Å². The quantitative estimate of drug-likeness (QED) is 0.416. The highest BCUT2D eigenvalue weighted by molar-refractivity contribution is 6.32. The summed E-state index contributed by atoms with van der Waals surface area (Å²) in [6.07, 6.45) is 1.35. The fraction of sp³-hybridized carbons (Fsp3) is 0.700. The highest BCUT2D eigenvalue weighted by Gasteiger charge is 2.26. The summed E-state index contributed by atoms with van der Waals surface area (Å²) >= 11 is 5.64. The summed E-state index contributed by atoms with van der Waals surface area (Å²) in [5.74, 6) is 1.44. The van der Waals surface area contributed by atoms with Crippen LogP contribution in [0, 0.1) is 5.92 Å². The van der Waals surface area contributed by atoms with Gasteiger partial charge in [0.25, 0.3) is 0 Å². The fourth-order valence-corrected chi connectivity index (χ4v) is 1.81. The normalized spacial score (nSPS) is 17.1. The molecule has 1 heterocycles. The van der Waals surface area contributed by atoms with Gasteiger partial charge < -0.3 is 9.64 Å². The van der Waals surface area contributed by atoms with Gasteiger partial charge >= 0.3 is 5.97 Å². The van der Waals surface area contributed by atoms with Crippen LogP contribution in [0.1, 0.15) is 19.8 Å². The third kappa shape index (κ3) is 3.26. The first kappa shape index (κ1) is 12.1. The molecule has 0 aromatic rings. The number of piperidine rings is 1. The van der Waals surface area contributed by atoms with Crippen molar-refractivity contribution in [3.05, 3.63) is 5.16 Å². The minimum absolute atomic E-state index is 0.0580. The fourth-order valence-electron chi connectivity index (χ4n) is 1.64. The molecule has 0 N–H and O–H groups in total. The minimum Gasteiger partial charge on any atom is -0.466 e. The second-order valence-electron chi connectivity index (χ2n) is 3.41. The Balaban J connectivity index is 2.42. The van der Waals surface area contributed by atoms with E-state index in [9.17, 15) is 9.59 Å². The number of hydrogen-bond acceptors (Lipinski definition) is 4. The van der Waals surface area contributed by atoms with E-state index in [2.05, 4.69) is 0 Å². The predicted molar refractivity (Wildman–Crippen MR) is 56.0 cm³/mol. The van der Waals surface area contributed by atoms with Crippen molar-refractivity contribution in [3.8, 4) is 0 Å². The molecule has 0 spiro atoms. The summed E-state index contributed by atoms with van der Waals surface area (Å²) in [5, 5.41) is 0.0947. The van der Waals surface area contributed by atoms with Crippen LogP contribution in [0.25, 0.3) is 0 Å². The van der Waals surface area contributed by atoms with E-state index in [1.54, 1.807) is 17.8 Å². The zero-order valence-corrected chi connectivity index (χ0v) is 9.42. The van der Waals surface area contributed by atoms with Crippen LogP contribution in [-0.4, -0.2) is 36.5 Å². The van der Waals surface area contributed by atoms with Gasteiger partial charge in [-0.2, -0.15) is 0 Å². The molecule has 0 atom stereocenters. The summed E-state index contributed by atoms with van der Waals surface area (Å²) in [4.78, 5) is 23.4. The van der Waals surface area contributed by atoms with E-state index in [4.69, 9.17) is 16.3 Å². The van der Waals surface area contributed by atoms with Gasteiger partial charge in [0.1, 0.15) is 0 Å². The Hall–Kier alpha value is -0.990. The Labute approximate surface area is 93.8 Å². The van der Waals surface area contributed by atoms with Crippen LogP contribution in [-0.2, 0) is 14.3 Å². The zero-order valence-electron chi connectivity index (χ0n) is 8.66. The van der Waals surface area contributed by atoms with Crippen molar-refractivity contribution >= 4 is 23.5 Å². The number of carbonyl (C=O) groups excluding carboxylic acids is 2. The second-order valence-corrected chi connectivity index (χ2v) is 3.76. The SMILES string of the molecule is CCOC(=O)C1CCN(C(Cl)=C=O)CC1. The molecule has 1 rings (SSSR count). The largest absolute Gasteiger partial charge is 0.466 e. The van der Waals surface area contributed by atoms with E-state index in [1.807, 2.05) is 0 Å². The molecule has 15 heavy (non-hydrogen) atoms. The third-order valence-electron chi connectivity index (χ3n) is 2.48. The Morgan fingerprint density at radius 1 is 1.53 bits per heavy atom. The van der Waals surface area contributed by atoms with Gasteiger partial charge in [0, 0.05) is 13.1 Å². The Morgan fingerprint density at radius 3 is 2.60 bits per heavy atom. The van der Waals surface area contributed by atoms with Crippen molar-refractivity contribution in [3.63, 3.8) is 0 Å². The van der Waals surface area contributed by atoms with E-state index >= 15 is 0 Å². The maximum atomic E-state index is 11.4. The number of nitrogens with zero attached hydrogens (tertiary/aromatic N) is 1. The lowest BCUT2D eigenvalue weighted by molar-refractivity contribution is -0.149. The molecule has 0 unspecified atom stereocenters. The van der Waals surface area contributed by atoms with Crippen LogP contribution < -0.4 is 0 Å². The van der Waals surface area contributed by atoms with Gasteiger partial charge in [-0.15, -0.1) is 0 Å². The third-order valence-corrected chi connectivity index (χ3v) is 2.79. The van der Waals surface area contributed by atoms with E-state index in [-0.39, 0.29) is 17.0 Å². The maximum Gasteiger partial charge on any atom is 0.309 e. The number of carbonyl (C=O) groups is 1. The molecule has 1 aliphatic rings. The molecular weight excluding hydrogens is 218 g/mol. The molecule has 1 fully saturated rings. The molecule has 84 valence electrons. The van der Waals surface area contributed by atoms with Crippen molar-refractivity contribution in [2.45, 2.75) is 19.8 Å². The van der Waals surface area contributed by atoms with Crippen molar-refractivity contribution in [1.29, 1.82) is 0 Å². The van der Waals surface area contributed by atoms with Crippen LogP contribution in [0.2, 0.25) is 0 Å². The van der Waals surface area contributed by atoms with Crippen molar-refractivity contribution in [1.82, 2.24) is 4.90 Å². The smallest absolute Gasteiger partial charge is 0.309 e. The van der Waals surface area contributed by atoms with Crippen molar-refractivity contribution in [2.24, 2.45) is 5.92 Å². The topological polar surface area (TPSA) is 46.6 Å². The maximum absolute atomic E-state index is 11.4. The van der Waals surface area contributed by atoms with Gasteiger partial charge in [-0.1, -0.05) is 11.6 Å². The van der Waals surface area contributed by atoms with Crippen LogP contribution in [0.15, 0.2) is 5.16 Å². The van der Waals surface area contributed by atoms with Crippen molar-refractivity contribution < 1.29 is 14.3 Å². The number of hydrogen-bond donors (Lipinski definition) is 0. The summed E-state index contributed by atoms with van der Waals surface area (Å²) in [6.45, 7) is 3.42. The first-order valence-corrected chi connectivity index (χ1v) is 5.39. The molecule has 0 aliphatic carbocycles. The van der Waals surface area contributed by atoms with Gasteiger partial charge in [-0.3, -0.25) is 4.79 Å². The average Bonchev–Trinajstić information content (AvgIpc) is 2.28. The standard InChI is InChI=1S/C10H14ClNO3/c1-2-15-10(14)8-3-5-12(6-4-8)9(11)7-13/h8H,2-6H2,1H3. The Bertz CT molecular complexity index is 278. The number of halogens is 1. The van der Waals surface area contributed by atoms with Gasteiger partial charge in [0.15, 0.2) is 11.1 Å². The molecule has 1 saturated heterocycles. The molecule has 0 amide bonds. The lowest BCUT2D eigenvalue weighted by Crippen LogP contribution is -2.35. The van der Waals surface area contributed by atoms with Gasteiger partial charge in [-0.25, -0.2) is 4.79 Å². The zero-order chi connectivity index (χ0) is 11.3. The van der Waals surface area contributed by atoms with Gasteiger partial charge in [0.2, 0.25) is 0 Å². The minimum atomic E-state index is -0.150. The van der Waals surface area contributed by atoms with Gasteiger partial charge in [-0.05, 0) is 19.8 Å². The first-order valence-electron chi connectivity index (χ1n) is 5.01. The lowest BCUT2D eigenvalue weighted by atomic mass is 9.97. The monoisotopic (exact) mass is 231 g/mol. The molecule has 0 bridgehead atoms. The van der Waals surface area contributed by atoms with Gasteiger partial charge in [0.05, 0.1) is 12.5 Å². The highest BCUT2D eigenvalue weighted by atomic mass is 35.5. The molecule has 0 saturated carbocycles. The van der Waals surface area contributed by atoms with Crippen LogP contribution in [0.3, 0.4) is 0 Å². The van der Waals surface area contributed by atoms with E-state index in [0.717, 1.165) is 0 Å². The van der Waals surface area contributed by atoms with E-state index in [1.165, 1.54) is 0 Å². The number of likely N-dealkylation sites (tertiary alicyclic amines) is 1. The molecule has 4 nitrogen and oxygen atoms in total. The molecule has 1 aliphatic heterocycles. The number of esters is 1. The summed E-state index contributed by atoms with van der Waals surface area (Å²) in [6, 6.07) is 0. The molecule has 0 radical (unpaired) electrons. The molecule has 5 heteroatoms.